The predicted molar refractivity (Wildman–Crippen MR) is 50.4 cm³/mol. The molecule has 0 saturated carbocycles. The summed E-state index contributed by atoms with van der Waals surface area (Å²) in [5.74, 6) is -0.0789. The van der Waals surface area contributed by atoms with Crippen molar-refractivity contribution < 1.29 is 4.79 Å². The highest BCUT2D eigenvalue weighted by Gasteiger charge is 2.02. The summed E-state index contributed by atoms with van der Waals surface area (Å²) < 4.78 is 0. The van der Waals surface area contributed by atoms with Gasteiger partial charge in [-0.1, -0.05) is 23.7 Å². The van der Waals surface area contributed by atoms with E-state index in [0.29, 0.717) is 5.02 Å². The zero-order valence-electron chi connectivity index (χ0n) is 6.96. The van der Waals surface area contributed by atoms with Crippen LogP contribution in [0.25, 0.3) is 0 Å². The number of carbonyl (C=O) groups is 1. The van der Waals surface area contributed by atoms with Crippen molar-refractivity contribution in [2.45, 2.75) is 12.8 Å². The van der Waals surface area contributed by atoms with Crippen molar-refractivity contribution in [3.05, 3.63) is 34.9 Å². The largest absolute Gasteiger partial charge is 0.298 e. The number of halogens is 1. The Morgan fingerprint density at radius 2 is 2.31 bits per heavy atom. The average molecular weight is 194 g/mol. The van der Waals surface area contributed by atoms with E-state index in [4.69, 9.17) is 16.9 Å². The van der Waals surface area contributed by atoms with Crippen LogP contribution in [-0.4, -0.2) is 5.78 Å². The number of ketones is 1. The number of rotatable bonds is 3. The highest BCUT2D eigenvalue weighted by Crippen LogP contribution is 2.11. The van der Waals surface area contributed by atoms with E-state index >= 15 is 0 Å². The van der Waals surface area contributed by atoms with Crippen molar-refractivity contribution in [1.29, 1.82) is 5.26 Å². The van der Waals surface area contributed by atoms with Crippen LogP contribution in [0.5, 0.6) is 0 Å². The van der Waals surface area contributed by atoms with E-state index in [9.17, 15) is 4.79 Å². The van der Waals surface area contributed by atoms with Gasteiger partial charge in [-0.2, -0.15) is 5.26 Å². The van der Waals surface area contributed by atoms with Gasteiger partial charge in [0, 0.05) is 11.4 Å². The zero-order chi connectivity index (χ0) is 9.68. The summed E-state index contributed by atoms with van der Waals surface area (Å²) in [6.07, 6.45) is 0.251. The van der Waals surface area contributed by atoms with E-state index < -0.39 is 0 Å². The normalized spacial score (nSPS) is 9.23. The third kappa shape index (κ3) is 3.27. The molecule has 0 radical (unpaired) electrons. The molecule has 0 saturated heterocycles. The van der Waals surface area contributed by atoms with Crippen molar-refractivity contribution in [3.63, 3.8) is 0 Å². The van der Waals surface area contributed by atoms with Crippen molar-refractivity contribution in [3.8, 4) is 6.07 Å². The number of benzene rings is 1. The molecule has 0 atom stereocenters. The maximum atomic E-state index is 11.1. The molecule has 0 bridgehead atoms. The lowest BCUT2D eigenvalue weighted by Gasteiger charge is -1.97. The van der Waals surface area contributed by atoms with E-state index in [2.05, 4.69) is 0 Å². The number of hydrogen-bond acceptors (Lipinski definition) is 2. The van der Waals surface area contributed by atoms with Crippen LogP contribution in [0.3, 0.4) is 0 Å². The Labute approximate surface area is 81.7 Å². The molecule has 0 aliphatic heterocycles. The predicted octanol–water partition coefficient (Wildman–Crippen LogP) is 2.37. The third-order valence-electron chi connectivity index (χ3n) is 1.57. The van der Waals surface area contributed by atoms with Crippen LogP contribution >= 0.6 is 11.6 Å². The molecule has 1 aromatic rings. The van der Waals surface area contributed by atoms with Gasteiger partial charge in [0.25, 0.3) is 0 Å². The van der Waals surface area contributed by atoms with Crippen molar-refractivity contribution in [2.24, 2.45) is 0 Å². The molecule has 0 aromatic heterocycles. The molecule has 0 fully saturated rings. The molecule has 0 aliphatic rings. The van der Waals surface area contributed by atoms with Crippen LogP contribution in [0, 0.1) is 11.3 Å². The van der Waals surface area contributed by atoms with E-state index in [-0.39, 0.29) is 18.6 Å². The summed E-state index contributed by atoms with van der Waals surface area (Å²) in [5.41, 5.74) is 0.854. The third-order valence-corrected chi connectivity index (χ3v) is 1.80. The summed E-state index contributed by atoms with van der Waals surface area (Å²) >= 11 is 5.73. The van der Waals surface area contributed by atoms with Gasteiger partial charge in [0.2, 0.25) is 0 Å². The Morgan fingerprint density at radius 3 is 2.92 bits per heavy atom. The molecule has 3 heteroatoms. The van der Waals surface area contributed by atoms with Crippen molar-refractivity contribution >= 4 is 17.4 Å². The first-order valence-electron chi connectivity index (χ1n) is 3.85. The van der Waals surface area contributed by atoms with Gasteiger partial charge in [0.1, 0.15) is 0 Å². The van der Waals surface area contributed by atoms with E-state index in [1.54, 1.807) is 18.2 Å². The molecule has 0 N–H and O–H groups in total. The van der Waals surface area contributed by atoms with Gasteiger partial charge in [-0.05, 0) is 17.7 Å². The summed E-state index contributed by atoms with van der Waals surface area (Å²) in [4.78, 5) is 11.1. The van der Waals surface area contributed by atoms with Crippen molar-refractivity contribution in [1.82, 2.24) is 0 Å². The highest BCUT2D eigenvalue weighted by molar-refractivity contribution is 6.30. The maximum Gasteiger partial charge on any atom is 0.151 e. The molecule has 1 aromatic carbocycles. The molecular formula is C10H8ClNO. The number of nitriles is 1. The Bertz CT molecular complexity index is 354. The van der Waals surface area contributed by atoms with Gasteiger partial charge in [-0.15, -0.1) is 0 Å². The van der Waals surface area contributed by atoms with Crippen LogP contribution in [-0.2, 0) is 11.2 Å². The van der Waals surface area contributed by atoms with Crippen LogP contribution < -0.4 is 0 Å². The summed E-state index contributed by atoms with van der Waals surface area (Å²) in [6.45, 7) is 0. The molecule has 66 valence electrons. The SMILES string of the molecule is N#CCC(=O)Cc1cccc(Cl)c1. The quantitative estimate of drug-likeness (QED) is 0.740. The molecule has 0 unspecified atom stereocenters. The standard InChI is InChI=1S/C10H8ClNO/c11-9-3-1-2-8(6-9)7-10(13)4-5-12/h1-3,6H,4,7H2. The Kier molecular flexibility index (Phi) is 3.48. The molecule has 13 heavy (non-hydrogen) atoms. The highest BCUT2D eigenvalue weighted by atomic mass is 35.5. The first-order chi connectivity index (χ1) is 6.22. The lowest BCUT2D eigenvalue weighted by Crippen LogP contribution is -2.00. The number of Topliss-reactive ketones (excluding diaryl/α,β-unsaturated/α-hetero) is 1. The first kappa shape index (κ1) is 9.76. The summed E-state index contributed by atoms with van der Waals surface area (Å²) in [7, 11) is 0. The second-order valence-electron chi connectivity index (χ2n) is 2.68. The molecular weight excluding hydrogens is 186 g/mol. The molecule has 0 aliphatic carbocycles. The second kappa shape index (κ2) is 4.64. The lowest BCUT2D eigenvalue weighted by molar-refractivity contribution is -0.117. The Morgan fingerprint density at radius 1 is 1.54 bits per heavy atom. The minimum atomic E-state index is -0.0789. The van der Waals surface area contributed by atoms with E-state index in [1.807, 2.05) is 12.1 Å². The zero-order valence-corrected chi connectivity index (χ0v) is 7.71. The van der Waals surface area contributed by atoms with Gasteiger partial charge >= 0.3 is 0 Å². The van der Waals surface area contributed by atoms with Gasteiger partial charge in [0.05, 0.1) is 12.5 Å². The fraction of sp³-hybridized carbons (Fsp3) is 0.200. The van der Waals surface area contributed by atoms with E-state index in [0.717, 1.165) is 5.56 Å². The summed E-state index contributed by atoms with van der Waals surface area (Å²) in [6, 6.07) is 8.91. The summed E-state index contributed by atoms with van der Waals surface area (Å²) in [5, 5.41) is 8.89. The van der Waals surface area contributed by atoms with Crippen LogP contribution in [0.15, 0.2) is 24.3 Å². The van der Waals surface area contributed by atoms with Crippen LogP contribution in [0.1, 0.15) is 12.0 Å². The fourth-order valence-corrected chi connectivity index (χ4v) is 1.24. The minimum Gasteiger partial charge on any atom is -0.298 e. The molecule has 0 amide bonds. The maximum absolute atomic E-state index is 11.1. The molecule has 1 rings (SSSR count). The van der Waals surface area contributed by atoms with Gasteiger partial charge in [0.15, 0.2) is 5.78 Å². The Hall–Kier alpha value is -1.33. The smallest absolute Gasteiger partial charge is 0.151 e. The molecule has 0 heterocycles. The van der Waals surface area contributed by atoms with E-state index in [1.165, 1.54) is 0 Å². The van der Waals surface area contributed by atoms with Gasteiger partial charge < -0.3 is 0 Å². The van der Waals surface area contributed by atoms with Gasteiger partial charge in [-0.25, -0.2) is 0 Å². The molecule has 0 spiro atoms. The van der Waals surface area contributed by atoms with Crippen LogP contribution in [0.2, 0.25) is 5.02 Å². The molecule has 2 nitrogen and oxygen atoms in total. The first-order valence-corrected chi connectivity index (χ1v) is 4.23. The number of carbonyl (C=O) groups excluding carboxylic acids is 1. The van der Waals surface area contributed by atoms with Gasteiger partial charge in [-0.3, -0.25) is 4.79 Å². The second-order valence-corrected chi connectivity index (χ2v) is 3.12. The number of hydrogen-bond donors (Lipinski definition) is 0. The Balaban J connectivity index is 2.65. The monoisotopic (exact) mass is 193 g/mol. The lowest BCUT2D eigenvalue weighted by atomic mass is 10.1. The van der Waals surface area contributed by atoms with Crippen LogP contribution in [0.4, 0.5) is 0 Å². The minimum absolute atomic E-state index is 0.0352. The average Bonchev–Trinajstić information content (AvgIpc) is 2.04. The topological polar surface area (TPSA) is 40.9 Å². The van der Waals surface area contributed by atoms with Crippen molar-refractivity contribution in [2.75, 3.05) is 0 Å². The fourth-order valence-electron chi connectivity index (χ4n) is 1.03. The number of nitrogens with zero attached hydrogens (tertiary/aromatic N) is 1.